The van der Waals surface area contributed by atoms with Gasteiger partial charge in [-0.3, -0.25) is 0 Å². The quantitative estimate of drug-likeness (QED) is 0.186. The molecule has 4 aromatic rings. The highest BCUT2D eigenvalue weighted by atomic mass is 16.5. The normalized spacial score (nSPS) is 10.7. The smallest absolute Gasteiger partial charge is 0.338 e. The lowest BCUT2D eigenvalue weighted by molar-refractivity contribution is 0.0555. The molecule has 42 heavy (non-hydrogen) atoms. The maximum Gasteiger partial charge on any atom is 0.338 e. The number of esters is 6. The molecule has 0 aliphatic heterocycles. The van der Waals surface area contributed by atoms with Crippen LogP contribution in [0.1, 0.15) is 62.1 Å². The topological polar surface area (TPSA) is 158 Å². The van der Waals surface area contributed by atoms with Crippen LogP contribution >= 0.6 is 0 Å². The Kier molecular flexibility index (Phi) is 8.09. The van der Waals surface area contributed by atoms with Crippen LogP contribution in [0.3, 0.4) is 0 Å². The standard InChI is InChI=1S/C30H24O12/c1-37-25(31)19-7-13-14(8-20(19)26(32)38-2)16-10-22(28(34)40-4)24(30(36)42-6)12-18(16)17-11-23(29(35)41-5)21(9-15(13)17)27(33)39-3/h7-12H,1-6H3. The van der Waals surface area contributed by atoms with Crippen molar-refractivity contribution in [2.24, 2.45) is 0 Å². The summed E-state index contributed by atoms with van der Waals surface area (Å²) < 4.78 is 29.3. The minimum atomic E-state index is -0.846. The van der Waals surface area contributed by atoms with Crippen molar-refractivity contribution < 1.29 is 57.2 Å². The molecule has 0 unspecified atom stereocenters. The predicted molar refractivity (Wildman–Crippen MR) is 147 cm³/mol. The van der Waals surface area contributed by atoms with Crippen molar-refractivity contribution in [2.45, 2.75) is 0 Å². The average Bonchev–Trinajstić information content (AvgIpc) is 3.04. The number of hydrogen-bond donors (Lipinski definition) is 0. The van der Waals surface area contributed by atoms with E-state index in [-0.39, 0.29) is 33.4 Å². The van der Waals surface area contributed by atoms with Crippen LogP contribution in [0, 0.1) is 0 Å². The van der Waals surface area contributed by atoms with Gasteiger partial charge in [0.05, 0.1) is 76.0 Å². The summed E-state index contributed by atoms with van der Waals surface area (Å²) in [5.41, 5.74) is -0.869. The lowest BCUT2D eigenvalue weighted by Crippen LogP contribution is -2.14. The van der Waals surface area contributed by atoms with Crippen molar-refractivity contribution in [1.29, 1.82) is 0 Å². The van der Waals surface area contributed by atoms with Gasteiger partial charge in [-0.2, -0.15) is 0 Å². The van der Waals surface area contributed by atoms with Gasteiger partial charge in [-0.05, 0) is 68.7 Å². The van der Waals surface area contributed by atoms with Crippen LogP contribution < -0.4 is 0 Å². The first kappa shape index (κ1) is 29.5. The first-order valence-electron chi connectivity index (χ1n) is 12.1. The molecule has 0 bridgehead atoms. The number of hydrogen-bond acceptors (Lipinski definition) is 12. The Balaban J connectivity index is 2.39. The molecule has 216 valence electrons. The van der Waals surface area contributed by atoms with Crippen LogP contribution in [0.4, 0.5) is 0 Å². The lowest BCUT2D eigenvalue weighted by atomic mass is 9.87. The molecular weight excluding hydrogens is 552 g/mol. The van der Waals surface area contributed by atoms with Crippen LogP contribution in [0.25, 0.3) is 32.3 Å². The molecule has 4 rings (SSSR count). The van der Waals surface area contributed by atoms with Gasteiger partial charge in [0.1, 0.15) is 0 Å². The molecule has 0 saturated heterocycles. The monoisotopic (exact) mass is 576 g/mol. The summed E-state index contributed by atoms with van der Waals surface area (Å²) in [6.45, 7) is 0. The zero-order chi connectivity index (χ0) is 30.9. The molecule has 0 aliphatic rings. The van der Waals surface area contributed by atoms with E-state index in [0.29, 0.717) is 32.3 Å². The fourth-order valence-corrected chi connectivity index (χ4v) is 4.81. The van der Waals surface area contributed by atoms with Gasteiger partial charge in [0.25, 0.3) is 0 Å². The van der Waals surface area contributed by atoms with Crippen molar-refractivity contribution in [2.75, 3.05) is 42.7 Å². The van der Waals surface area contributed by atoms with Gasteiger partial charge in [0.2, 0.25) is 0 Å². The van der Waals surface area contributed by atoms with E-state index in [1.807, 2.05) is 0 Å². The summed E-state index contributed by atoms with van der Waals surface area (Å²) in [4.78, 5) is 76.6. The number of carbonyl (C=O) groups is 6. The largest absolute Gasteiger partial charge is 0.465 e. The third kappa shape index (κ3) is 4.72. The lowest BCUT2D eigenvalue weighted by Gasteiger charge is -2.17. The minimum absolute atomic E-state index is 0.145. The molecule has 0 radical (unpaired) electrons. The Morgan fingerprint density at radius 3 is 0.524 bits per heavy atom. The zero-order valence-corrected chi connectivity index (χ0v) is 23.4. The molecule has 0 aromatic heterocycles. The summed E-state index contributed by atoms with van der Waals surface area (Å²) in [6, 6.07) is 8.25. The van der Waals surface area contributed by atoms with Gasteiger partial charge < -0.3 is 28.4 Å². The van der Waals surface area contributed by atoms with E-state index in [0.717, 1.165) is 42.7 Å². The summed E-state index contributed by atoms with van der Waals surface area (Å²) in [5.74, 6) is -5.08. The van der Waals surface area contributed by atoms with Crippen molar-refractivity contribution in [3.8, 4) is 0 Å². The summed E-state index contributed by atoms with van der Waals surface area (Å²) in [7, 11) is 6.84. The molecular formula is C30H24O12. The molecule has 0 amide bonds. The SMILES string of the molecule is COC(=O)c1cc2c3cc(C(=O)OC)c(C(=O)OC)cc3c3cc(C(=O)OC)c(C(=O)OC)cc3c2cc1C(=O)OC. The van der Waals surface area contributed by atoms with Gasteiger partial charge in [0.15, 0.2) is 0 Å². The van der Waals surface area contributed by atoms with Crippen LogP contribution in [0.15, 0.2) is 36.4 Å². The molecule has 12 nitrogen and oxygen atoms in total. The molecule has 0 aliphatic carbocycles. The molecule has 0 fully saturated rings. The van der Waals surface area contributed by atoms with E-state index in [9.17, 15) is 28.8 Å². The first-order chi connectivity index (χ1) is 20.1. The highest BCUT2D eigenvalue weighted by Crippen LogP contribution is 2.40. The van der Waals surface area contributed by atoms with Gasteiger partial charge >= 0.3 is 35.8 Å². The molecule has 0 N–H and O–H groups in total. The summed E-state index contributed by atoms with van der Waals surface area (Å²) in [5, 5.41) is 1.97. The van der Waals surface area contributed by atoms with Gasteiger partial charge in [-0.25, -0.2) is 28.8 Å². The molecule has 4 aromatic carbocycles. The fraction of sp³-hybridized carbons (Fsp3) is 0.200. The molecule has 12 heteroatoms. The number of fused-ring (bicyclic) bond motifs is 6. The summed E-state index contributed by atoms with van der Waals surface area (Å²) >= 11 is 0. The molecule has 0 saturated carbocycles. The number of ether oxygens (including phenoxy) is 6. The van der Waals surface area contributed by atoms with E-state index < -0.39 is 35.8 Å². The minimum Gasteiger partial charge on any atom is -0.465 e. The maximum atomic E-state index is 12.8. The van der Waals surface area contributed by atoms with Crippen molar-refractivity contribution in [3.05, 3.63) is 69.8 Å². The second kappa shape index (κ2) is 11.5. The Labute approximate surface area is 238 Å². The van der Waals surface area contributed by atoms with E-state index in [2.05, 4.69) is 0 Å². The second-order valence-corrected chi connectivity index (χ2v) is 8.78. The average molecular weight is 577 g/mol. The van der Waals surface area contributed by atoms with Gasteiger partial charge in [0, 0.05) is 0 Å². The van der Waals surface area contributed by atoms with Crippen LogP contribution in [-0.4, -0.2) is 78.5 Å². The van der Waals surface area contributed by atoms with Crippen LogP contribution in [0.2, 0.25) is 0 Å². The Morgan fingerprint density at radius 1 is 0.310 bits per heavy atom. The van der Waals surface area contributed by atoms with E-state index in [1.54, 1.807) is 0 Å². The van der Waals surface area contributed by atoms with Crippen LogP contribution in [0.5, 0.6) is 0 Å². The second-order valence-electron chi connectivity index (χ2n) is 8.78. The van der Waals surface area contributed by atoms with Gasteiger partial charge in [-0.1, -0.05) is 0 Å². The molecule has 0 atom stereocenters. The van der Waals surface area contributed by atoms with Crippen molar-refractivity contribution in [3.63, 3.8) is 0 Å². The number of carbonyl (C=O) groups excluding carboxylic acids is 6. The van der Waals surface area contributed by atoms with E-state index in [4.69, 9.17) is 28.4 Å². The van der Waals surface area contributed by atoms with E-state index >= 15 is 0 Å². The highest BCUT2D eigenvalue weighted by molar-refractivity contribution is 6.30. The van der Waals surface area contributed by atoms with Crippen molar-refractivity contribution in [1.82, 2.24) is 0 Å². The Bertz CT molecular complexity index is 1480. The highest BCUT2D eigenvalue weighted by Gasteiger charge is 2.27. The number of methoxy groups -OCH3 is 6. The number of benzene rings is 4. The van der Waals surface area contributed by atoms with Crippen molar-refractivity contribution >= 4 is 68.1 Å². The Morgan fingerprint density at radius 2 is 0.429 bits per heavy atom. The molecule has 0 spiro atoms. The van der Waals surface area contributed by atoms with Crippen LogP contribution in [-0.2, 0) is 28.4 Å². The Hall–Kier alpha value is -5.52. The number of rotatable bonds is 6. The third-order valence-electron chi connectivity index (χ3n) is 6.78. The maximum absolute atomic E-state index is 12.8. The van der Waals surface area contributed by atoms with Gasteiger partial charge in [-0.15, -0.1) is 0 Å². The zero-order valence-electron chi connectivity index (χ0n) is 23.4. The summed E-state index contributed by atoms with van der Waals surface area (Å²) in [6.07, 6.45) is 0. The third-order valence-corrected chi connectivity index (χ3v) is 6.78. The van der Waals surface area contributed by atoms with E-state index in [1.165, 1.54) is 36.4 Å². The molecule has 0 heterocycles. The predicted octanol–water partition coefficient (Wildman–Crippen LogP) is 3.87. The first-order valence-corrected chi connectivity index (χ1v) is 12.1. The fourth-order valence-electron chi connectivity index (χ4n) is 4.81.